The van der Waals surface area contributed by atoms with Crippen molar-refractivity contribution in [3.63, 3.8) is 0 Å². The van der Waals surface area contributed by atoms with E-state index in [2.05, 4.69) is 31.0 Å². The predicted molar refractivity (Wildman–Crippen MR) is 85.1 cm³/mol. The zero-order chi connectivity index (χ0) is 14.4. The van der Waals surface area contributed by atoms with Crippen LogP contribution in [0.2, 0.25) is 0 Å². The average Bonchev–Trinajstić information content (AvgIpc) is 2.66. The molecule has 2 bridgehead atoms. The van der Waals surface area contributed by atoms with Crippen molar-refractivity contribution in [2.24, 2.45) is 5.92 Å². The van der Waals surface area contributed by atoms with Gasteiger partial charge in [-0.15, -0.1) is 0 Å². The Morgan fingerprint density at radius 3 is 2.50 bits per heavy atom. The molecule has 2 atom stereocenters. The van der Waals surface area contributed by atoms with Gasteiger partial charge < -0.3 is 10.1 Å². The summed E-state index contributed by atoms with van der Waals surface area (Å²) in [6.45, 7) is 11.0. The molecule has 2 aliphatic rings. The molecule has 0 aromatic carbocycles. The quantitative estimate of drug-likeness (QED) is 0.658. The molecule has 118 valence electrons. The van der Waals surface area contributed by atoms with Crippen molar-refractivity contribution >= 4 is 0 Å². The maximum atomic E-state index is 5.71. The van der Waals surface area contributed by atoms with E-state index in [1.54, 1.807) is 0 Å². The Morgan fingerprint density at radius 1 is 1.20 bits per heavy atom. The second kappa shape index (κ2) is 8.35. The normalized spacial score (nSPS) is 30.3. The van der Waals surface area contributed by atoms with E-state index in [9.17, 15) is 0 Å². The van der Waals surface area contributed by atoms with Crippen LogP contribution in [0.25, 0.3) is 0 Å². The molecule has 0 saturated carbocycles. The number of hydrogen-bond acceptors (Lipinski definition) is 3. The molecule has 0 aromatic heterocycles. The summed E-state index contributed by atoms with van der Waals surface area (Å²) in [5.74, 6) is 0.659. The standard InChI is InChI=1S/C17H34N2O/c1-4-8-18-15-11-16-6-7-17(12-15)19(16)9-5-10-20-13-14(2)3/h14-18H,4-13H2,1-3H3. The lowest BCUT2D eigenvalue weighted by atomic mass is 9.97. The lowest BCUT2D eigenvalue weighted by Gasteiger charge is -2.39. The number of rotatable bonds is 9. The van der Waals surface area contributed by atoms with Crippen LogP contribution in [0, 0.1) is 5.92 Å². The van der Waals surface area contributed by atoms with Crippen molar-refractivity contribution in [1.82, 2.24) is 10.2 Å². The van der Waals surface area contributed by atoms with Crippen molar-refractivity contribution in [3.8, 4) is 0 Å². The van der Waals surface area contributed by atoms with Crippen molar-refractivity contribution in [2.45, 2.75) is 77.4 Å². The highest BCUT2D eigenvalue weighted by Crippen LogP contribution is 2.35. The van der Waals surface area contributed by atoms with Crippen molar-refractivity contribution in [3.05, 3.63) is 0 Å². The van der Waals surface area contributed by atoms with E-state index < -0.39 is 0 Å². The summed E-state index contributed by atoms with van der Waals surface area (Å²) < 4.78 is 5.71. The van der Waals surface area contributed by atoms with Crippen molar-refractivity contribution in [1.29, 1.82) is 0 Å². The van der Waals surface area contributed by atoms with Gasteiger partial charge in [0.05, 0.1) is 0 Å². The number of fused-ring (bicyclic) bond motifs is 2. The third-order valence-corrected chi connectivity index (χ3v) is 4.72. The summed E-state index contributed by atoms with van der Waals surface area (Å²) in [6.07, 6.45) is 8.02. The molecule has 2 aliphatic heterocycles. The van der Waals surface area contributed by atoms with E-state index in [0.717, 1.165) is 31.3 Å². The Balaban J connectivity index is 1.65. The highest BCUT2D eigenvalue weighted by Gasteiger charge is 2.39. The number of piperidine rings is 1. The molecule has 2 fully saturated rings. The van der Waals surface area contributed by atoms with Crippen LogP contribution in [0.4, 0.5) is 0 Å². The molecule has 3 nitrogen and oxygen atoms in total. The number of hydrogen-bond donors (Lipinski definition) is 1. The first-order valence-corrected chi connectivity index (χ1v) is 8.77. The topological polar surface area (TPSA) is 24.5 Å². The third-order valence-electron chi connectivity index (χ3n) is 4.72. The summed E-state index contributed by atoms with van der Waals surface area (Å²) in [5.41, 5.74) is 0. The van der Waals surface area contributed by atoms with E-state index in [1.807, 2.05) is 0 Å². The molecule has 0 radical (unpaired) electrons. The second-order valence-electron chi connectivity index (χ2n) is 7.07. The zero-order valence-corrected chi connectivity index (χ0v) is 13.7. The molecule has 2 rings (SSSR count). The van der Waals surface area contributed by atoms with Gasteiger partial charge in [0.25, 0.3) is 0 Å². The second-order valence-corrected chi connectivity index (χ2v) is 7.07. The van der Waals surface area contributed by atoms with E-state index >= 15 is 0 Å². The van der Waals surface area contributed by atoms with E-state index in [0.29, 0.717) is 5.92 Å². The molecular weight excluding hydrogens is 248 g/mol. The Hall–Kier alpha value is -0.120. The molecule has 1 N–H and O–H groups in total. The fraction of sp³-hybridized carbons (Fsp3) is 1.00. The zero-order valence-electron chi connectivity index (χ0n) is 13.7. The fourth-order valence-electron chi connectivity index (χ4n) is 3.82. The van der Waals surface area contributed by atoms with Crippen LogP contribution < -0.4 is 5.32 Å². The predicted octanol–water partition coefficient (Wildman–Crippen LogP) is 3.04. The van der Waals surface area contributed by atoms with Crippen molar-refractivity contribution < 1.29 is 4.74 Å². The first-order valence-electron chi connectivity index (χ1n) is 8.77. The van der Waals surface area contributed by atoms with Gasteiger partial charge in [0.2, 0.25) is 0 Å². The Labute approximate surface area is 125 Å². The van der Waals surface area contributed by atoms with Gasteiger partial charge in [0.1, 0.15) is 0 Å². The van der Waals surface area contributed by atoms with Crippen LogP contribution in [0.1, 0.15) is 59.3 Å². The molecule has 0 aromatic rings. The Kier molecular flexibility index (Phi) is 6.79. The van der Waals surface area contributed by atoms with Crippen LogP contribution in [0.3, 0.4) is 0 Å². The van der Waals surface area contributed by atoms with Gasteiger partial charge in [-0.25, -0.2) is 0 Å². The monoisotopic (exact) mass is 282 g/mol. The summed E-state index contributed by atoms with van der Waals surface area (Å²) >= 11 is 0. The van der Waals surface area contributed by atoms with Crippen LogP contribution in [-0.2, 0) is 4.74 Å². The third kappa shape index (κ3) is 4.71. The molecule has 0 aliphatic carbocycles. The van der Waals surface area contributed by atoms with Gasteiger partial charge in [-0.3, -0.25) is 4.90 Å². The molecular formula is C17H34N2O. The average molecular weight is 282 g/mol. The fourth-order valence-corrected chi connectivity index (χ4v) is 3.82. The Morgan fingerprint density at radius 2 is 1.90 bits per heavy atom. The van der Waals surface area contributed by atoms with Gasteiger partial charge in [0.15, 0.2) is 0 Å². The maximum Gasteiger partial charge on any atom is 0.0489 e. The van der Waals surface area contributed by atoms with Gasteiger partial charge in [-0.05, 0) is 51.0 Å². The maximum absolute atomic E-state index is 5.71. The minimum atomic E-state index is 0.659. The SMILES string of the molecule is CCCNC1CC2CCC(C1)N2CCCOCC(C)C. The van der Waals surface area contributed by atoms with E-state index in [4.69, 9.17) is 4.74 Å². The molecule has 0 spiro atoms. The highest BCUT2D eigenvalue weighted by molar-refractivity contribution is 4.97. The smallest absolute Gasteiger partial charge is 0.0489 e. The Bertz CT molecular complexity index is 256. The van der Waals surface area contributed by atoms with Crippen LogP contribution in [0.15, 0.2) is 0 Å². The van der Waals surface area contributed by atoms with Gasteiger partial charge in [-0.1, -0.05) is 20.8 Å². The summed E-state index contributed by atoms with van der Waals surface area (Å²) in [7, 11) is 0. The van der Waals surface area contributed by atoms with Gasteiger partial charge in [-0.2, -0.15) is 0 Å². The number of nitrogens with one attached hydrogen (secondary N) is 1. The van der Waals surface area contributed by atoms with Crippen LogP contribution in [-0.4, -0.2) is 49.3 Å². The molecule has 3 heteroatoms. The minimum Gasteiger partial charge on any atom is -0.381 e. The molecule has 2 heterocycles. The van der Waals surface area contributed by atoms with E-state index in [-0.39, 0.29) is 0 Å². The number of ether oxygens (including phenoxy) is 1. The summed E-state index contributed by atoms with van der Waals surface area (Å²) in [5, 5.41) is 3.73. The first kappa shape index (κ1) is 16.3. The summed E-state index contributed by atoms with van der Waals surface area (Å²) in [4.78, 5) is 2.78. The van der Waals surface area contributed by atoms with Crippen molar-refractivity contribution in [2.75, 3.05) is 26.3 Å². The molecule has 2 saturated heterocycles. The van der Waals surface area contributed by atoms with Gasteiger partial charge >= 0.3 is 0 Å². The highest BCUT2D eigenvalue weighted by atomic mass is 16.5. The van der Waals surface area contributed by atoms with E-state index in [1.165, 1.54) is 51.6 Å². The largest absolute Gasteiger partial charge is 0.381 e. The lowest BCUT2D eigenvalue weighted by Crippen LogP contribution is -2.49. The molecule has 2 unspecified atom stereocenters. The number of nitrogens with zero attached hydrogens (tertiary/aromatic N) is 1. The van der Waals surface area contributed by atoms with Gasteiger partial charge in [0, 0.05) is 37.9 Å². The lowest BCUT2D eigenvalue weighted by molar-refractivity contribution is 0.0759. The minimum absolute atomic E-state index is 0.659. The summed E-state index contributed by atoms with van der Waals surface area (Å²) in [6, 6.07) is 2.46. The first-order chi connectivity index (χ1) is 9.70. The molecule has 0 amide bonds. The van der Waals surface area contributed by atoms with Crippen LogP contribution in [0.5, 0.6) is 0 Å². The molecule has 20 heavy (non-hydrogen) atoms. The van der Waals surface area contributed by atoms with Crippen LogP contribution >= 0.6 is 0 Å².